The number of nitrogens with one attached hydrogen (secondary N) is 1. The second-order valence-electron chi connectivity index (χ2n) is 7.10. The van der Waals surface area contributed by atoms with Gasteiger partial charge in [0.05, 0.1) is 23.9 Å². The van der Waals surface area contributed by atoms with Gasteiger partial charge in [-0.25, -0.2) is 4.98 Å². The third kappa shape index (κ3) is 4.64. The van der Waals surface area contributed by atoms with Crippen LogP contribution >= 0.6 is 0 Å². The van der Waals surface area contributed by atoms with Gasteiger partial charge in [0.2, 0.25) is 11.8 Å². The SMILES string of the molecule is CCOc1ccc(/C(=C(/CC(F)(F)F)c2ccccc2)c2ccc3[nH]nc(F)c3c2)cn1. The fourth-order valence-corrected chi connectivity index (χ4v) is 3.59. The first kappa shape index (κ1) is 21.5. The average Bonchev–Trinajstić information content (AvgIpc) is 3.15. The van der Waals surface area contributed by atoms with Crippen LogP contribution in [-0.4, -0.2) is 28.0 Å². The number of aromatic nitrogens is 3. The highest BCUT2D eigenvalue weighted by Crippen LogP contribution is 2.40. The molecule has 0 radical (unpaired) electrons. The number of hydrogen-bond acceptors (Lipinski definition) is 3. The molecule has 0 atom stereocenters. The lowest BCUT2D eigenvalue weighted by atomic mass is 9.88. The molecule has 0 amide bonds. The van der Waals surface area contributed by atoms with E-state index in [-0.39, 0.29) is 11.0 Å². The summed E-state index contributed by atoms with van der Waals surface area (Å²) in [4.78, 5) is 4.23. The van der Waals surface area contributed by atoms with Gasteiger partial charge in [-0.05, 0) is 47.4 Å². The first-order valence-corrected chi connectivity index (χ1v) is 9.94. The molecule has 0 bridgehead atoms. The van der Waals surface area contributed by atoms with Crippen LogP contribution in [-0.2, 0) is 0 Å². The van der Waals surface area contributed by atoms with Gasteiger partial charge in [0.15, 0.2) is 0 Å². The maximum atomic E-state index is 14.2. The van der Waals surface area contributed by atoms with Crippen molar-refractivity contribution in [2.24, 2.45) is 0 Å². The molecule has 1 N–H and O–H groups in total. The molecule has 0 aliphatic heterocycles. The molecule has 2 aromatic heterocycles. The Labute approximate surface area is 181 Å². The molecule has 2 aromatic carbocycles. The molecule has 2 heterocycles. The topological polar surface area (TPSA) is 50.8 Å². The lowest BCUT2D eigenvalue weighted by Crippen LogP contribution is -2.10. The van der Waals surface area contributed by atoms with Gasteiger partial charge in [0.25, 0.3) is 0 Å². The molecule has 0 saturated heterocycles. The van der Waals surface area contributed by atoms with E-state index in [1.165, 1.54) is 12.3 Å². The summed E-state index contributed by atoms with van der Waals surface area (Å²) in [6, 6.07) is 16.3. The van der Waals surface area contributed by atoms with Crippen molar-refractivity contribution < 1.29 is 22.3 Å². The second kappa shape index (κ2) is 8.82. The summed E-state index contributed by atoms with van der Waals surface area (Å²) < 4.78 is 60.5. The van der Waals surface area contributed by atoms with Crippen molar-refractivity contribution in [2.45, 2.75) is 19.5 Å². The zero-order valence-corrected chi connectivity index (χ0v) is 17.1. The summed E-state index contributed by atoms with van der Waals surface area (Å²) in [5, 5.41) is 6.30. The molecule has 4 aromatic rings. The number of aromatic amines is 1. The van der Waals surface area contributed by atoms with Crippen LogP contribution in [0.1, 0.15) is 30.0 Å². The Morgan fingerprint density at radius 3 is 2.38 bits per heavy atom. The Morgan fingerprint density at radius 1 is 0.969 bits per heavy atom. The monoisotopic (exact) mass is 441 g/mol. The smallest absolute Gasteiger partial charge is 0.393 e. The van der Waals surface area contributed by atoms with Crippen LogP contribution in [0.4, 0.5) is 17.6 Å². The van der Waals surface area contributed by atoms with E-state index in [0.29, 0.717) is 40.3 Å². The molecule has 0 aliphatic rings. The van der Waals surface area contributed by atoms with Gasteiger partial charge in [0, 0.05) is 17.8 Å². The first-order valence-electron chi connectivity index (χ1n) is 9.94. The van der Waals surface area contributed by atoms with Crippen LogP contribution in [0.2, 0.25) is 0 Å². The fourth-order valence-electron chi connectivity index (χ4n) is 3.59. The molecule has 0 fully saturated rings. The highest BCUT2D eigenvalue weighted by atomic mass is 19.4. The fraction of sp³-hybridized carbons (Fsp3) is 0.167. The zero-order valence-electron chi connectivity index (χ0n) is 17.1. The van der Waals surface area contributed by atoms with E-state index >= 15 is 0 Å². The minimum Gasteiger partial charge on any atom is -0.478 e. The van der Waals surface area contributed by atoms with Gasteiger partial charge in [-0.1, -0.05) is 36.4 Å². The molecule has 8 heteroatoms. The normalized spacial score (nSPS) is 12.7. The third-order valence-corrected chi connectivity index (χ3v) is 4.92. The molecule has 0 spiro atoms. The van der Waals surface area contributed by atoms with E-state index in [4.69, 9.17) is 4.74 Å². The number of pyridine rings is 1. The largest absolute Gasteiger partial charge is 0.478 e. The van der Waals surface area contributed by atoms with Crippen molar-refractivity contribution in [3.05, 3.63) is 89.5 Å². The van der Waals surface area contributed by atoms with E-state index in [1.807, 2.05) is 6.92 Å². The number of ether oxygens (including phenoxy) is 1. The number of nitrogens with zero attached hydrogens (tertiary/aromatic N) is 2. The van der Waals surface area contributed by atoms with E-state index in [0.717, 1.165) is 0 Å². The third-order valence-electron chi connectivity index (χ3n) is 4.92. The summed E-state index contributed by atoms with van der Waals surface area (Å²) in [5.41, 5.74) is 2.12. The molecule has 164 valence electrons. The second-order valence-corrected chi connectivity index (χ2v) is 7.10. The molecule has 4 rings (SSSR count). The lowest BCUT2D eigenvalue weighted by molar-refractivity contribution is -0.122. The Morgan fingerprint density at radius 2 is 1.72 bits per heavy atom. The number of allylic oxidation sites excluding steroid dienone is 1. The minimum absolute atomic E-state index is 0.0623. The number of halogens is 4. The zero-order chi connectivity index (χ0) is 22.7. The van der Waals surface area contributed by atoms with Gasteiger partial charge in [-0.3, -0.25) is 5.10 Å². The Bertz CT molecular complexity index is 1250. The van der Waals surface area contributed by atoms with Gasteiger partial charge < -0.3 is 4.74 Å². The lowest BCUT2D eigenvalue weighted by Gasteiger charge is -2.19. The number of alkyl halides is 3. The quantitative estimate of drug-likeness (QED) is 0.278. The summed E-state index contributed by atoms with van der Waals surface area (Å²) in [6.07, 6.45) is -4.15. The maximum absolute atomic E-state index is 14.2. The summed E-state index contributed by atoms with van der Waals surface area (Å²) in [5.74, 6) is -0.355. The molecule has 32 heavy (non-hydrogen) atoms. The standard InChI is InChI=1S/C24H19F4N3O/c1-2-32-21-11-9-17(14-29-21)22(16-8-10-20-18(12-16)23(25)31-30-20)19(13-24(26,27)28)15-6-4-3-5-7-15/h3-12,14H,2,13H2,1H3,(H,30,31)/b22-19-. The van der Waals surface area contributed by atoms with Gasteiger partial charge in [0.1, 0.15) is 0 Å². The Balaban J connectivity index is 2.00. The molecular weight excluding hydrogens is 422 g/mol. The summed E-state index contributed by atoms with van der Waals surface area (Å²) in [7, 11) is 0. The van der Waals surface area contributed by atoms with Crippen LogP contribution in [0.3, 0.4) is 0 Å². The van der Waals surface area contributed by atoms with Crippen molar-refractivity contribution in [3.63, 3.8) is 0 Å². The van der Waals surface area contributed by atoms with Crippen molar-refractivity contribution in [1.29, 1.82) is 0 Å². The Hall–Kier alpha value is -3.68. The van der Waals surface area contributed by atoms with E-state index in [1.54, 1.807) is 54.6 Å². The molecule has 0 unspecified atom stereocenters. The van der Waals surface area contributed by atoms with Crippen LogP contribution < -0.4 is 4.74 Å². The van der Waals surface area contributed by atoms with Crippen LogP contribution in [0, 0.1) is 5.95 Å². The minimum atomic E-state index is -4.46. The van der Waals surface area contributed by atoms with Crippen LogP contribution in [0.25, 0.3) is 22.0 Å². The molecule has 0 saturated carbocycles. The van der Waals surface area contributed by atoms with Crippen molar-refractivity contribution in [1.82, 2.24) is 15.2 Å². The predicted molar refractivity (Wildman–Crippen MR) is 114 cm³/mol. The van der Waals surface area contributed by atoms with E-state index in [9.17, 15) is 17.6 Å². The predicted octanol–water partition coefficient (Wildman–Crippen LogP) is 6.41. The molecule has 0 aliphatic carbocycles. The highest BCUT2D eigenvalue weighted by Gasteiger charge is 2.31. The van der Waals surface area contributed by atoms with Crippen molar-refractivity contribution in [3.8, 4) is 5.88 Å². The summed E-state index contributed by atoms with van der Waals surface area (Å²) in [6.45, 7) is 2.22. The average molecular weight is 441 g/mol. The number of rotatable bonds is 6. The number of benzene rings is 2. The number of H-pyrrole nitrogens is 1. The maximum Gasteiger partial charge on any atom is 0.393 e. The highest BCUT2D eigenvalue weighted by molar-refractivity contribution is 6.00. The molecular formula is C24H19F4N3O. The first-order chi connectivity index (χ1) is 15.4. The summed E-state index contributed by atoms with van der Waals surface area (Å²) >= 11 is 0. The van der Waals surface area contributed by atoms with Crippen LogP contribution in [0.15, 0.2) is 66.9 Å². The van der Waals surface area contributed by atoms with Crippen LogP contribution in [0.5, 0.6) is 5.88 Å². The number of hydrogen-bond donors (Lipinski definition) is 1. The van der Waals surface area contributed by atoms with Crippen molar-refractivity contribution in [2.75, 3.05) is 6.61 Å². The van der Waals surface area contributed by atoms with E-state index in [2.05, 4.69) is 15.2 Å². The Kier molecular flexibility index (Phi) is 5.94. The van der Waals surface area contributed by atoms with E-state index < -0.39 is 18.5 Å². The number of fused-ring (bicyclic) bond motifs is 1. The molecule has 4 nitrogen and oxygen atoms in total. The van der Waals surface area contributed by atoms with Gasteiger partial charge in [-0.2, -0.15) is 17.6 Å². The van der Waals surface area contributed by atoms with Crippen molar-refractivity contribution >= 4 is 22.0 Å². The van der Waals surface area contributed by atoms with Gasteiger partial charge in [-0.15, -0.1) is 5.10 Å². The van der Waals surface area contributed by atoms with Gasteiger partial charge >= 0.3 is 6.18 Å².